The van der Waals surface area contributed by atoms with Gasteiger partial charge in [0.05, 0.1) is 6.04 Å². The maximum Gasteiger partial charge on any atom is 0.237 e. The lowest BCUT2D eigenvalue weighted by atomic mass is 9.80. The van der Waals surface area contributed by atoms with E-state index in [0.29, 0.717) is 6.04 Å². The molecule has 0 bridgehead atoms. The zero-order chi connectivity index (χ0) is 9.26. The van der Waals surface area contributed by atoms with E-state index in [1.165, 1.54) is 19.3 Å². The molecule has 0 radical (unpaired) electrons. The van der Waals surface area contributed by atoms with Crippen LogP contribution in [0.4, 0.5) is 0 Å². The van der Waals surface area contributed by atoms with E-state index in [-0.39, 0.29) is 11.9 Å². The molecule has 74 valence electrons. The van der Waals surface area contributed by atoms with E-state index in [0.717, 1.165) is 18.9 Å². The lowest BCUT2D eigenvalue weighted by Gasteiger charge is -2.34. The molecule has 1 amide bonds. The van der Waals surface area contributed by atoms with E-state index >= 15 is 0 Å². The van der Waals surface area contributed by atoms with E-state index < -0.39 is 0 Å². The second-order valence-electron chi connectivity index (χ2n) is 4.28. The van der Waals surface area contributed by atoms with Gasteiger partial charge >= 0.3 is 0 Å². The number of hydrogen-bond donors (Lipinski definition) is 2. The zero-order valence-electron chi connectivity index (χ0n) is 8.18. The Hall–Kier alpha value is -0.570. The molecule has 3 nitrogen and oxygen atoms in total. The Morgan fingerprint density at radius 3 is 2.54 bits per heavy atom. The molecule has 2 unspecified atom stereocenters. The average Bonchev–Trinajstić information content (AvgIpc) is 1.76. The third-order valence-electron chi connectivity index (χ3n) is 3.37. The first-order valence-corrected chi connectivity index (χ1v) is 5.31. The van der Waals surface area contributed by atoms with Crippen molar-refractivity contribution in [2.45, 2.75) is 44.7 Å². The minimum atomic E-state index is 0.0996. The van der Waals surface area contributed by atoms with E-state index in [1.54, 1.807) is 0 Å². The van der Waals surface area contributed by atoms with Crippen LogP contribution >= 0.6 is 0 Å². The summed E-state index contributed by atoms with van der Waals surface area (Å²) >= 11 is 0. The molecular formula is C10H18N2O. The van der Waals surface area contributed by atoms with Crippen LogP contribution in [-0.2, 0) is 4.79 Å². The molecule has 1 aliphatic carbocycles. The molecule has 2 rings (SSSR count). The van der Waals surface area contributed by atoms with Gasteiger partial charge in [-0.15, -0.1) is 0 Å². The number of carbonyl (C=O) groups is 1. The Kier molecular flexibility index (Phi) is 2.54. The van der Waals surface area contributed by atoms with Gasteiger partial charge in [0, 0.05) is 6.04 Å². The standard InChI is InChI=1S/C10H18N2O/c1-7(8-3-2-4-8)12-10(13)9-5-6-11-9/h7-9,11H,2-6H2,1H3,(H,12,13). The summed E-state index contributed by atoms with van der Waals surface area (Å²) in [5, 5.41) is 6.20. The van der Waals surface area contributed by atoms with E-state index in [9.17, 15) is 4.79 Å². The van der Waals surface area contributed by atoms with Crippen molar-refractivity contribution in [3.05, 3.63) is 0 Å². The first-order chi connectivity index (χ1) is 6.27. The smallest absolute Gasteiger partial charge is 0.237 e. The fourth-order valence-electron chi connectivity index (χ4n) is 1.90. The summed E-state index contributed by atoms with van der Waals surface area (Å²) in [7, 11) is 0. The quantitative estimate of drug-likeness (QED) is 0.673. The van der Waals surface area contributed by atoms with Gasteiger partial charge in [-0.3, -0.25) is 4.79 Å². The Balaban J connectivity index is 1.72. The summed E-state index contributed by atoms with van der Waals surface area (Å²) < 4.78 is 0. The molecule has 1 heterocycles. The first-order valence-electron chi connectivity index (χ1n) is 5.31. The van der Waals surface area contributed by atoms with Crippen LogP contribution in [0.2, 0.25) is 0 Å². The van der Waals surface area contributed by atoms with Gasteiger partial charge in [0.1, 0.15) is 0 Å². The zero-order valence-corrected chi connectivity index (χ0v) is 8.18. The maximum absolute atomic E-state index is 11.5. The van der Waals surface area contributed by atoms with Crippen molar-refractivity contribution >= 4 is 5.91 Å². The van der Waals surface area contributed by atoms with Gasteiger partial charge in [0.2, 0.25) is 5.91 Å². The maximum atomic E-state index is 11.5. The third-order valence-corrected chi connectivity index (χ3v) is 3.37. The fourth-order valence-corrected chi connectivity index (χ4v) is 1.90. The van der Waals surface area contributed by atoms with E-state index in [4.69, 9.17) is 0 Å². The third kappa shape index (κ3) is 1.85. The SMILES string of the molecule is CC(NC(=O)C1CCN1)C1CCC1. The Labute approximate surface area is 79.3 Å². The van der Waals surface area contributed by atoms with Crippen LogP contribution < -0.4 is 10.6 Å². The lowest BCUT2D eigenvalue weighted by molar-refractivity contribution is -0.125. The minimum Gasteiger partial charge on any atom is -0.352 e. The Morgan fingerprint density at radius 1 is 1.46 bits per heavy atom. The van der Waals surface area contributed by atoms with Crippen molar-refractivity contribution in [3.63, 3.8) is 0 Å². The van der Waals surface area contributed by atoms with Crippen molar-refractivity contribution in [3.8, 4) is 0 Å². The molecule has 2 fully saturated rings. The minimum absolute atomic E-state index is 0.0996. The van der Waals surface area contributed by atoms with Crippen LogP contribution in [0.3, 0.4) is 0 Å². The number of nitrogens with one attached hydrogen (secondary N) is 2. The first kappa shape index (κ1) is 9.00. The Morgan fingerprint density at radius 2 is 2.15 bits per heavy atom. The van der Waals surface area contributed by atoms with Crippen molar-refractivity contribution in [2.75, 3.05) is 6.54 Å². The highest BCUT2D eigenvalue weighted by atomic mass is 16.2. The van der Waals surface area contributed by atoms with Crippen LogP contribution in [0.15, 0.2) is 0 Å². The topological polar surface area (TPSA) is 41.1 Å². The lowest BCUT2D eigenvalue weighted by Crippen LogP contribution is -2.56. The van der Waals surface area contributed by atoms with Crippen molar-refractivity contribution in [2.24, 2.45) is 5.92 Å². The molecule has 1 saturated heterocycles. The van der Waals surface area contributed by atoms with Gasteiger partial charge < -0.3 is 10.6 Å². The Bertz CT molecular complexity index is 197. The molecule has 2 atom stereocenters. The van der Waals surface area contributed by atoms with Gasteiger partial charge in [0.25, 0.3) is 0 Å². The van der Waals surface area contributed by atoms with Crippen LogP contribution in [0.5, 0.6) is 0 Å². The summed E-state index contributed by atoms with van der Waals surface area (Å²) in [6.07, 6.45) is 4.93. The summed E-state index contributed by atoms with van der Waals surface area (Å²) in [5.74, 6) is 0.940. The van der Waals surface area contributed by atoms with Gasteiger partial charge in [-0.05, 0) is 38.6 Å². The van der Waals surface area contributed by atoms with E-state index in [1.807, 2.05) is 0 Å². The summed E-state index contributed by atoms with van der Waals surface area (Å²) in [5.41, 5.74) is 0. The fraction of sp³-hybridized carbons (Fsp3) is 0.900. The van der Waals surface area contributed by atoms with Crippen LogP contribution in [0.25, 0.3) is 0 Å². The predicted octanol–water partition coefficient (Wildman–Crippen LogP) is 0.653. The van der Waals surface area contributed by atoms with Gasteiger partial charge in [0.15, 0.2) is 0 Å². The molecule has 1 saturated carbocycles. The number of hydrogen-bond acceptors (Lipinski definition) is 2. The molecule has 2 N–H and O–H groups in total. The van der Waals surface area contributed by atoms with Crippen molar-refractivity contribution < 1.29 is 4.79 Å². The van der Waals surface area contributed by atoms with E-state index in [2.05, 4.69) is 17.6 Å². The molecule has 0 aromatic rings. The van der Waals surface area contributed by atoms with Gasteiger partial charge in [-0.1, -0.05) is 6.42 Å². The summed E-state index contributed by atoms with van der Waals surface area (Å²) in [4.78, 5) is 11.5. The highest BCUT2D eigenvalue weighted by Gasteiger charge is 2.29. The molecule has 0 spiro atoms. The monoisotopic (exact) mass is 182 g/mol. The molecule has 13 heavy (non-hydrogen) atoms. The van der Waals surface area contributed by atoms with Crippen LogP contribution in [-0.4, -0.2) is 24.5 Å². The van der Waals surface area contributed by atoms with Crippen molar-refractivity contribution in [1.82, 2.24) is 10.6 Å². The highest BCUT2D eigenvalue weighted by Crippen LogP contribution is 2.29. The molecule has 2 aliphatic rings. The van der Waals surface area contributed by atoms with Gasteiger partial charge in [-0.2, -0.15) is 0 Å². The average molecular weight is 182 g/mol. The molecule has 0 aromatic heterocycles. The van der Waals surface area contributed by atoms with Crippen LogP contribution in [0.1, 0.15) is 32.6 Å². The van der Waals surface area contributed by atoms with Gasteiger partial charge in [-0.25, -0.2) is 0 Å². The second kappa shape index (κ2) is 3.66. The summed E-state index contributed by atoms with van der Waals surface area (Å²) in [6.45, 7) is 3.12. The normalized spacial score (nSPS) is 30.1. The highest BCUT2D eigenvalue weighted by molar-refractivity contribution is 5.82. The second-order valence-corrected chi connectivity index (χ2v) is 4.28. The molecule has 3 heteroatoms. The van der Waals surface area contributed by atoms with Crippen molar-refractivity contribution in [1.29, 1.82) is 0 Å². The largest absolute Gasteiger partial charge is 0.352 e. The molecular weight excluding hydrogens is 164 g/mol. The number of carbonyl (C=O) groups excluding carboxylic acids is 1. The summed E-state index contributed by atoms with van der Waals surface area (Å²) in [6, 6.07) is 0.478. The predicted molar refractivity (Wildman–Crippen MR) is 51.4 cm³/mol. The molecule has 0 aromatic carbocycles. The number of amides is 1. The molecule has 1 aliphatic heterocycles. The van der Waals surface area contributed by atoms with Crippen LogP contribution in [0, 0.1) is 5.92 Å². The number of rotatable bonds is 3.